The molecule has 6 nitrogen and oxygen atoms in total. The van der Waals surface area contributed by atoms with Crippen molar-refractivity contribution in [3.8, 4) is 0 Å². The Morgan fingerprint density at radius 1 is 1.28 bits per heavy atom. The normalized spacial score (nSPS) is 15.6. The van der Waals surface area contributed by atoms with Crippen molar-refractivity contribution in [2.24, 2.45) is 5.73 Å². The Labute approximate surface area is 110 Å². The van der Waals surface area contributed by atoms with Crippen LogP contribution in [0.3, 0.4) is 0 Å². The zero-order valence-electron chi connectivity index (χ0n) is 9.78. The lowest BCUT2D eigenvalue weighted by Crippen LogP contribution is -2.50. The number of para-hydroxylation sites is 2. The summed E-state index contributed by atoms with van der Waals surface area (Å²) in [5.74, 6) is 0. The van der Waals surface area contributed by atoms with Gasteiger partial charge in [0, 0.05) is 32.2 Å². The molecule has 1 heterocycles. The summed E-state index contributed by atoms with van der Waals surface area (Å²) in [6, 6.07) is 6.78. The zero-order chi connectivity index (χ0) is 13.1. The Hall–Kier alpha value is -1.89. The van der Waals surface area contributed by atoms with E-state index in [0.29, 0.717) is 37.0 Å². The van der Waals surface area contributed by atoms with Crippen LogP contribution in [-0.2, 0) is 0 Å². The van der Waals surface area contributed by atoms with Gasteiger partial charge in [-0.05, 0) is 18.3 Å². The molecule has 0 spiro atoms. The number of anilines is 1. The number of nitro groups is 1. The van der Waals surface area contributed by atoms with Gasteiger partial charge in [0.05, 0.1) is 4.92 Å². The van der Waals surface area contributed by atoms with Crippen molar-refractivity contribution in [3.63, 3.8) is 0 Å². The van der Waals surface area contributed by atoms with Crippen molar-refractivity contribution in [3.05, 3.63) is 34.4 Å². The molecule has 0 unspecified atom stereocenters. The highest BCUT2D eigenvalue weighted by Crippen LogP contribution is 2.28. The van der Waals surface area contributed by atoms with Crippen molar-refractivity contribution in [1.29, 1.82) is 0 Å². The Balaban J connectivity index is 2.15. The van der Waals surface area contributed by atoms with Crippen LogP contribution in [0.25, 0.3) is 0 Å². The molecule has 7 heteroatoms. The highest BCUT2D eigenvalue weighted by atomic mass is 32.1. The second kappa shape index (κ2) is 5.18. The number of nitrogens with two attached hydrogens (primary N) is 1. The molecule has 0 radical (unpaired) electrons. The van der Waals surface area contributed by atoms with Crippen LogP contribution in [0.5, 0.6) is 0 Å². The molecule has 1 aliphatic heterocycles. The molecule has 1 aliphatic rings. The molecule has 0 aliphatic carbocycles. The van der Waals surface area contributed by atoms with Crippen molar-refractivity contribution in [2.45, 2.75) is 0 Å². The first-order chi connectivity index (χ1) is 8.59. The maximum absolute atomic E-state index is 11.0. The van der Waals surface area contributed by atoms with Gasteiger partial charge in [-0.15, -0.1) is 0 Å². The van der Waals surface area contributed by atoms with Crippen LogP contribution in [0.1, 0.15) is 0 Å². The third-order valence-electron chi connectivity index (χ3n) is 3.01. The van der Waals surface area contributed by atoms with E-state index in [1.54, 1.807) is 12.1 Å². The third kappa shape index (κ3) is 2.51. The number of piperazine rings is 1. The summed E-state index contributed by atoms with van der Waals surface area (Å²) in [7, 11) is 0. The average Bonchev–Trinajstić information content (AvgIpc) is 2.39. The summed E-state index contributed by atoms with van der Waals surface area (Å²) >= 11 is 4.92. The Bertz CT molecular complexity index is 472. The lowest BCUT2D eigenvalue weighted by molar-refractivity contribution is -0.384. The molecule has 1 aromatic carbocycles. The van der Waals surface area contributed by atoms with Gasteiger partial charge in [-0.2, -0.15) is 0 Å². The summed E-state index contributed by atoms with van der Waals surface area (Å²) < 4.78 is 0. The summed E-state index contributed by atoms with van der Waals surface area (Å²) in [5, 5.41) is 11.4. The van der Waals surface area contributed by atoms with Crippen LogP contribution >= 0.6 is 12.2 Å². The van der Waals surface area contributed by atoms with E-state index < -0.39 is 0 Å². The maximum atomic E-state index is 11.0. The zero-order valence-corrected chi connectivity index (χ0v) is 10.6. The fraction of sp³-hybridized carbons (Fsp3) is 0.364. The molecule has 0 aromatic heterocycles. The molecule has 0 amide bonds. The van der Waals surface area contributed by atoms with Crippen molar-refractivity contribution < 1.29 is 4.92 Å². The van der Waals surface area contributed by atoms with Gasteiger partial charge in [-0.25, -0.2) is 0 Å². The SMILES string of the molecule is NC(=S)N1CCN(c2ccccc2[N+](=O)[O-])CC1. The van der Waals surface area contributed by atoms with Crippen molar-refractivity contribution in [2.75, 3.05) is 31.1 Å². The van der Waals surface area contributed by atoms with Crippen LogP contribution in [0.4, 0.5) is 11.4 Å². The summed E-state index contributed by atoms with van der Waals surface area (Å²) in [5.41, 5.74) is 6.36. The molecule has 18 heavy (non-hydrogen) atoms. The summed E-state index contributed by atoms with van der Waals surface area (Å²) in [4.78, 5) is 14.5. The van der Waals surface area contributed by atoms with Gasteiger partial charge < -0.3 is 15.5 Å². The lowest BCUT2D eigenvalue weighted by Gasteiger charge is -2.36. The molecule has 1 aromatic rings. The molecule has 2 N–H and O–H groups in total. The predicted octanol–water partition coefficient (Wildman–Crippen LogP) is 0.960. The molecule has 2 rings (SSSR count). The number of nitrogens with zero attached hydrogens (tertiary/aromatic N) is 3. The number of hydrogen-bond acceptors (Lipinski definition) is 4. The molecule has 0 saturated carbocycles. The predicted molar refractivity (Wildman–Crippen MR) is 73.7 cm³/mol. The smallest absolute Gasteiger partial charge is 0.292 e. The van der Waals surface area contributed by atoms with E-state index in [4.69, 9.17) is 18.0 Å². The number of rotatable bonds is 2. The van der Waals surface area contributed by atoms with Crippen molar-refractivity contribution in [1.82, 2.24) is 4.90 Å². The quantitative estimate of drug-likeness (QED) is 0.488. The minimum Gasteiger partial charge on any atom is -0.376 e. The molecule has 0 atom stereocenters. The van der Waals surface area contributed by atoms with E-state index in [9.17, 15) is 10.1 Å². The van der Waals surface area contributed by atoms with E-state index in [-0.39, 0.29) is 10.6 Å². The van der Waals surface area contributed by atoms with Gasteiger partial charge in [0.15, 0.2) is 5.11 Å². The fourth-order valence-corrected chi connectivity index (χ4v) is 2.24. The lowest BCUT2D eigenvalue weighted by atomic mass is 10.2. The maximum Gasteiger partial charge on any atom is 0.292 e. The number of benzene rings is 1. The molecule has 1 fully saturated rings. The van der Waals surface area contributed by atoms with Crippen LogP contribution in [0.2, 0.25) is 0 Å². The largest absolute Gasteiger partial charge is 0.376 e. The Morgan fingerprint density at radius 2 is 1.89 bits per heavy atom. The van der Waals surface area contributed by atoms with E-state index >= 15 is 0 Å². The van der Waals surface area contributed by atoms with Crippen LogP contribution < -0.4 is 10.6 Å². The monoisotopic (exact) mass is 266 g/mol. The fourth-order valence-electron chi connectivity index (χ4n) is 2.05. The van der Waals surface area contributed by atoms with E-state index in [1.165, 1.54) is 6.07 Å². The van der Waals surface area contributed by atoms with Gasteiger partial charge >= 0.3 is 0 Å². The van der Waals surface area contributed by atoms with E-state index in [0.717, 1.165) is 0 Å². The third-order valence-corrected chi connectivity index (χ3v) is 3.27. The summed E-state index contributed by atoms with van der Waals surface area (Å²) in [6.07, 6.45) is 0. The Morgan fingerprint density at radius 3 is 2.44 bits per heavy atom. The van der Waals surface area contributed by atoms with Gasteiger partial charge in [-0.1, -0.05) is 12.1 Å². The van der Waals surface area contributed by atoms with Crippen LogP contribution in [0.15, 0.2) is 24.3 Å². The molecule has 96 valence electrons. The van der Waals surface area contributed by atoms with Crippen LogP contribution in [-0.4, -0.2) is 41.1 Å². The molecule has 0 bridgehead atoms. The van der Waals surface area contributed by atoms with Crippen LogP contribution in [0, 0.1) is 10.1 Å². The topological polar surface area (TPSA) is 75.6 Å². The van der Waals surface area contributed by atoms with Gasteiger partial charge in [0.1, 0.15) is 5.69 Å². The number of nitro benzene ring substituents is 1. The van der Waals surface area contributed by atoms with E-state index in [1.807, 2.05) is 15.9 Å². The molecular formula is C11H14N4O2S. The second-order valence-corrected chi connectivity index (χ2v) is 4.48. The highest BCUT2D eigenvalue weighted by molar-refractivity contribution is 7.80. The first-order valence-corrected chi connectivity index (χ1v) is 6.03. The Kier molecular flexibility index (Phi) is 3.61. The highest BCUT2D eigenvalue weighted by Gasteiger charge is 2.23. The molecule has 1 saturated heterocycles. The minimum absolute atomic E-state index is 0.140. The first kappa shape index (κ1) is 12.6. The number of thiocarbonyl (C=S) groups is 1. The van der Waals surface area contributed by atoms with Gasteiger partial charge in [-0.3, -0.25) is 10.1 Å². The van der Waals surface area contributed by atoms with E-state index in [2.05, 4.69) is 0 Å². The first-order valence-electron chi connectivity index (χ1n) is 5.62. The van der Waals surface area contributed by atoms with Gasteiger partial charge in [0.25, 0.3) is 5.69 Å². The average molecular weight is 266 g/mol. The second-order valence-electron chi connectivity index (χ2n) is 4.06. The van der Waals surface area contributed by atoms with Gasteiger partial charge in [0.2, 0.25) is 0 Å². The minimum atomic E-state index is -0.352. The number of hydrogen-bond donors (Lipinski definition) is 1. The summed E-state index contributed by atoms with van der Waals surface area (Å²) in [6.45, 7) is 2.76. The molecular weight excluding hydrogens is 252 g/mol. The van der Waals surface area contributed by atoms with Crippen molar-refractivity contribution >= 4 is 28.7 Å². The standard InChI is InChI=1S/C11H14N4O2S/c12-11(18)14-7-5-13(6-8-14)9-3-1-2-4-10(9)15(16)17/h1-4H,5-8H2,(H2,12,18).